The Bertz CT molecular complexity index is 685. The molecule has 2 unspecified atom stereocenters. The van der Waals surface area contributed by atoms with Crippen molar-refractivity contribution < 1.29 is 13.2 Å². The monoisotopic (exact) mass is 350 g/mol. The highest BCUT2D eigenvalue weighted by Crippen LogP contribution is 2.22. The number of rotatable bonds is 4. The average molecular weight is 350 g/mol. The summed E-state index contributed by atoms with van der Waals surface area (Å²) in [5.74, 6) is 0.265. The zero-order valence-corrected chi connectivity index (χ0v) is 15.0. The van der Waals surface area contributed by atoms with Crippen molar-refractivity contribution in [2.75, 3.05) is 29.9 Å². The number of nitrogens with one attached hydrogen (secondary N) is 1. The van der Waals surface area contributed by atoms with Crippen LogP contribution in [-0.2, 0) is 21.2 Å². The summed E-state index contributed by atoms with van der Waals surface area (Å²) in [5.41, 5.74) is 1.98. The molecule has 0 spiro atoms. The highest BCUT2D eigenvalue weighted by atomic mass is 32.2. The molecule has 2 aliphatic rings. The number of carbonyl (C=O) groups excluding carboxylic acids is 1. The van der Waals surface area contributed by atoms with Gasteiger partial charge in [-0.1, -0.05) is 19.1 Å². The third-order valence-electron chi connectivity index (χ3n) is 4.97. The van der Waals surface area contributed by atoms with E-state index in [0.717, 1.165) is 31.2 Å². The van der Waals surface area contributed by atoms with Crippen LogP contribution in [0.15, 0.2) is 24.3 Å². The Morgan fingerprint density at radius 3 is 2.62 bits per heavy atom. The van der Waals surface area contributed by atoms with Gasteiger partial charge in [0, 0.05) is 18.8 Å². The van der Waals surface area contributed by atoms with Gasteiger partial charge in [-0.2, -0.15) is 0 Å². The molecule has 24 heavy (non-hydrogen) atoms. The van der Waals surface area contributed by atoms with Crippen molar-refractivity contribution in [3.8, 4) is 0 Å². The molecule has 3 rings (SSSR count). The summed E-state index contributed by atoms with van der Waals surface area (Å²) < 4.78 is 22.9. The largest absolute Gasteiger partial charge is 0.326 e. The molecule has 2 heterocycles. The molecule has 0 aromatic heterocycles. The minimum absolute atomic E-state index is 0.0237. The lowest BCUT2D eigenvalue weighted by Gasteiger charge is -2.30. The molecule has 6 heteroatoms. The predicted octanol–water partition coefficient (Wildman–Crippen LogP) is 2.29. The van der Waals surface area contributed by atoms with Gasteiger partial charge in [-0.25, -0.2) is 8.42 Å². The Morgan fingerprint density at radius 1 is 1.25 bits per heavy atom. The lowest BCUT2D eigenvalue weighted by atomic mass is 10.00. The molecule has 1 amide bonds. The smallest absolute Gasteiger partial charge is 0.228 e. The van der Waals surface area contributed by atoms with Gasteiger partial charge in [0.2, 0.25) is 5.91 Å². The first-order valence-corrected chi connectivity index (χ1v) is 10.6. The van der Waals surface area contributed by atoms with Gasteiger partial charge in [-0.15, -0.1) is 0 Å². The van der Waals surface area contributed by atoms with Crippen LogP contribution >= 0.6 is 0 Å². The van der Waals surface area contributed by atoms with Crippen molar-refractivity contribution in [3.05, 3.63) is 29.8 Å². The average Bonchev–Trinajstić information content (AvgIpc) is 2.90. The zero-order valence-electron chi connectivity index (χ0n) is 14.2. The van der Waals surface area contributed by atoms with Gasteiger partial charge in [0.1, 0.15) is 0 Å². The molecule has 0 aliphatic carbocycles. The molecule has 0 radical (unpaired) electrons. The molecule has 2 fully saturated rings. The second-order valence-corrected chi connectivity index (χ2v) is 9.50. The molecule has 5 nitrogen and oxygen atoms in total. The number of hydrogen-bond acceptors (Lipinski definition) is 4. The topological polar surface area (TPSA) is 66.5 Å². The number of piperidine rings is 1. The molecule has 0 bridgehead atoms. The number of amides is 1. The lowest BCUT2D eigenvalue weighted by Crippen LogP contribution is -2.33. The van der Waals surface area contributed by atoms with Crippen LogP contribution in [0.1, 0.15) is 31.7 Å². The van der Waals surface area contributed by atoms with Gasteiger partial charge < -0.3 is 5.32 Å². The summed E-state index contributed by atoms with van der Waals surface area (Å²) in [6.45, 7) is 5.54. The first-order valence-electron chi connectivity index (χ1n) is 8.74. The molecular weight excluding hydrogens is 324 g/mol. The van der Waals surface area contributed by atoms with E-state index in [1.807, 2.05) is 24.3 Å². The third kappa shape index (κ3) is 4.57. The molecule has 2 aliphatic heterocycles. The Labute approximate surface area is 144 Å². The lowest BCUT2D eigenvalue weighted by molar-refractivity contribution is -0.119. The second-order valence-electron chi connectivity index (χ2n) is 7.27. The second kappa shape index (κ2) is 7.23. The number of nitrogens with zero attached hydrogens (tertiary/aromatic N) is 1. The third-order valence-corrected chi connectivity index (χ3v) is 6.74. The van der Waals surface area contributed by atoms with Crippen LogP contribution in [-0.4, -0.2) is 43.8 Å². The molecule has 1 aromatic carbocycles. The summed E-state index contributed by atoms with van der Waals surface area (Å²) in [4.78, 5) is 14.6. The van der Waals surface area contributed by atoms with E-state index in [1.165, 1.54) is 18.4 Å². The summed E-state index contributed by atoms with van der Waals surface area (Å²) in [6.07, 6.45) is 3.01. The zero-order chi connectivity index (χ0) is 17.2. The van der Waals surface area contributed by atoms with Gasteiger partial charge in [0.05, 0.1) is 17.4 Å². The fraction of sp³-hybridized carbons (Fsp3) is 0.611. The maximum absolute atomic E-state index is 12.2. The molecular formula is C18H26N2O3S. The minimum Gasteiger partial charge on any atom is -0.326 e. The van der Waals surface area contributed by atoms with Crippen LogP contribution in [0, 0.1) is 11.8 Å². The Balaban J connectivity index is 1.54. The van der Waals surface area contributed by atoms with Gasteiger partial charge >= 0.3 is 0 Å². The summed E-state index contributed by atoms with van der Waals surface area (Å²) in [7, 11) is -3.03. The Hall–Kier alpha value is -1.40. The van der Waals surface area contributed by atoms with E-state index < -0.39 is 15.8 Å². The molecule has 1 aromatic rings. The molecule has 2 saturated heterocycles. The Morgan fingerprint density at radius 2 is 2.00 bits per heavy atom. The highest BCUT2D eigenvalue weighted by molar-refractivity contribution is 7.91. The van der Waals surface area contributed by atoms with E-state index in [-0.39, 0.29) is 17.4 Å². The van der Waals surface area contributed by atoms with Gasteiger partial charge in [0.25, 0.3) is 0 Å². The van der Waals surface area contributed by atoms with Gasteiger partial charge in [0.15, 0.2) is 9.84 Å². The minimum atomic E-state index is -3.03. The number of likely N-dealkylation sites (tertiary alicyclic amines) is 1. The van der Waals surface area contributed by atoms with E-state index in [9.17, 15) is 13.2 Å². The summed E-state index contributed by atoms with van der Waals surface area (Å²) in [6, 6.07) is 7.90. The number of anilines is 1. The van der Waals surface area contributed by atoms with Crippen molar-refractivity contribution in [1.29, 1.82) is 0 Å². The normalized spacial score (nSPS) is 27.0. The summed E-state index contributed by atoms with van der Waals surface area (Å²) in [5, 5.41) is 2.84. The van der Waals surface area contributed by atoms with Crippen molar-refractivity contribution in [3.63, 3.8) is 0 Å². The van der Waals surface area contributed by atoms with Crippen molar-refractivity contribution in [2.24, 2.45) is 11.8 Å². The number of hydrogen-bond donors (Lipinski definition) is 1. The summed E-state index contributed by atoms with van der Waals surface area (Å²) >= 11 is 0. The highest BCUT2D eigenvalue weighted by Gasteiger charge is 2.32. The van der Waals surface area contributed by atoms with Crippen molar-refractivity contribution >= 4 is 21.4 Å². The van der Waals surface area contributed by atoms with Crippen LogP contribution in [0.4, 0.5) is 5.69 Å². The van der Waals surface area contributed by atoms with E-state index >= 15 is 0 Å². The van der Waals surface area contributed by atoms with Gasteiger partial charge in [-0.3, -0.25) is 9.69 Å². The van der Waals surface area contributed by atoms with Crippen molar-refractivity contribution in [1.82, 2.24) is 4.90 Å². The first kappa shape index (κ1) is 17.4. The van der Waals surface area contributed by atoms with Gasteiger partial charge in [-0.05, 0) is 49.4 Å². The van der Waals surface area contributed by atoms with Crippen LogP contribution in [0.2, 0.25) is 0 Å². The number of benzene rings is 1. The SMILES string of the molecule is CC1CCCN(Cc2ccc(NC(=O)C3CCS(=O)(=O)C3)cc2)C1. The molecule has 0 saturated carbocycles. The number of carbonyl (C=O) groups is 1. The fourth-order valence-electron chi connectivity index (χ4n) is 3.63. The van der Waals surface area contributed by atoms with Crippen molar-refractivity contribution in [2.45, 2.75) is 32.7 Å². The van der Waals surface area contributed by atoms with E-state index in [2.05, 4.69) is 17.1 Å². The maximum Gasteiger partial charge on any atom is 0.228 e. The van der Waals surface area contributed by atoms with Crippen LogP contribution < -0.4 is 5.32 Å². The molecule has 2 atom stereocenters. The quantitative estimate of drug-likeness (QED) is 0.905. The van der Waals surface area contributed by atoms with E-state index in [1.54, 1.807) is 0 Å². The standard InChI is InChI=1S/C18H26N2O3S/c1-14-3-2-9-20(11-14)12-15-4-6-17(7-5-15)19-18(21)16-8-10-24(22,23)13-16/h4-7,14,16H,2-3,8-13H2,1H3,(H,19,21). The first-order chi connectivity index (χ1) is 11.4. The number of sulfone groups is 1. The van der Waals surface area contributed by atoms with Crippen LogP contribution in [0.3, 0.4) is 0 Å². The fourth-order valence-corrected chi connectivity index (χ4v) is 5.37. The predicted molar refractivity (Wildman–Crippen MR) is 95.5 cm³/mol. The van der Waals surface area contributed by atoms with E-state index in [4.69, 9.17) is 0 Å². The van der Waals surface area contributed by atoms with Crippen LogP contribution in [0.5, 0.6) is 0 Å². The Kier molecular flexibility index (Phi) is 5.25. The van der Waals surface area contributed by atoms with E-state index in [0.29, 0.717) is 6.42 Å². The molecule has 1 N–H and O–H groups in total. The van der Waals surface area contributed by atoms with Crippen LogP contribution in [0.25, 0.3) is 0 Å². The molecule has 132 valence electrons. The maximum atomic E-state index is 12.2.